The summed E-state index contributed by atoms with van der Waals surface area (Å²) in [6.45, 7) is 5.78. The third-order valence-electron chi connectivity index (χ3n) is 5.76. The third-order valence-corrected chi connectivity index (χ3v) is 5.76. The Hall–Kier alpha value is -3.03. The van der Waals surface area contributed by atoms with Gasteiger partial charge in [0.05, 0.1) is 5.39 Å². The first-order valence-electron chi connectivity index (χ1n) is 9.20. The summed E-state index contributed by atoms with van der Waals surface area (Å²) in [4.78, 5) is 34.8. The maximum absolute atomic E-state index is 12.7. The summed E-state index contributed by atoms with van der Waals surface area (Å²) in [6, 6.07) is 3.55. The van der Waals surface area contributed by atoms with Gasteiger partial charge in [-0.25, -0.2) is 15.0 Å². The van der Waals surface area contributed by atoms with Crippen molar-refractivity contribution in [2.75, 3.05) is 36.0 Å². The Morgan fingerprint density at radius 1 is 1.07 bits per heavy atom. The molecular formula is C19H21N7O. The van der Waals surface area contributed by atoms with Gasteiger partial charge in [-0.3, -0.25) is 9.36 Å². The second-order valence-corrected chi connectivity index (χ2v) is 7.51. The lowest BCUT2D eigenvalue weighted by molar-refractivity contribution is 0.533. The predicted octanol–water partition coefficient (Wildman–Crippen LogP) is 1.000. The monoisotopic (exact) mass is 363 g/mol. The van der Waals surface area contributed by atoms with Gasteiger partial charge in [0.25, 0.3) is 5.56 Å². The van der Waals surface area contributed by atoms with Crippen LogP contribution in [0.1, 0.15) is 5.56 Å². The molecule has 2 unspecified atom stereocenters. The van der Waals surface area contributed by atoms with Gasteiger partial charge < -0.3 is 9.80 Å². The van der Waals surface area contributed by atoms with Crippen LogP contribution in [0.15, 0.2) is 35.6 Å². The zero-order valence-corrected chi connectivity index (χ0v) is 15.4. The van der Waals surface area contributed by atoms with E-state index < -0.39 is 0 Å². The van der Waals surface area contributed by atoms with Crippen molar-refractivity contribution in [3.63, 3.8) is 0 Å². The second kappa shape index (κ2) is 6.00. The van der Waals surface area contributed by atoms with Crippen LogP contribution in [0, 0.1) is 18.8 Å². The van der Waals surface area contributed by atoms with Crippen molar-refractivity contribution >= 4 is 22.8 Å². The molecule has 0 aromatic carbocycles. The van der Waals surface area contributed by atoms with Crippen LogP contribution in [-0.2, 0) is 7.05 Å². The number of hydrogen-bond acceptors (Lipinski definition) is 7. The predicted molar refractivity (Wildman–Crippen MR) is 103 cm³/mol. The summed E-state index contributed by atoms with van der Waals surface area (Å²) < 4.78 is 1.65. The van der Waals surface area contributed by atoms with Gasteiger partial charge in [-0.2, -0.15) is 4.98 Å². The van der Waals surface area contributed by atoms with Crippen molar-refractivity contribution in [3.8, 4) is 0 Å². The first-order valence-corrected chi connectivity index (χ1v) is 9.20. The Morgan fingerprint density at radius 3 is 2.56 bits per heavy atom. The molecule has 138 valence electrons. The minimum atomic E-state index is -0.0432. The first-order chi connectivity index (χ1) is 13.1. The van der Waals surface area contributed by atoms with E-state index in [1.807, 2.05) is 6.20 Å². The highest BCUT2D eigenvalue weighted by atomic mass is 16.1. The largest absolute Gasteiger partial charge is 0.356 e. The number of aromatic nitrogens is 5. The molecule has 8 nitrogen and oxygen atoms in total. The van der Waals surface area contributed by atoms with E-state index >= 15 is 0 Å². The summed E-state index contributed by atoms with van der Waals surface area (Å²) in [5.74, 6) is 2.82. The van der Waals surface area contributed by atoms with Crippen LogP contribution >= 0.6 is 0 Å². The van der Waals surface area contributed by atoms with Crippen molar-refractivity contribution < 1.29 is 0 Å². The average molecular weight is 363 g/mol. The smallest absolute Gasteiger partial charge is 0.264 e. The molecule has 2 saturated heterocycles. The van der Waals surface area contributed by atoms with Crippen molar-refractivity contribution in [2.45, 2.75) is 6.92 Å². The molecule has 2 atom stereocenters. The molecule has 3 aromatic heterocycles. The average Bonchev–Trinajstić information content (AvgIpc) is 3.24. The summed E-state index contributed by atoms with van der Waals surface area (Å²) >= 11 is 0. The van der Waals surface area contributed by atoms with Crippen molar-refractivity contribution in [3.05, 3.63) is 46.8 Å². The zero-order valence-electron chi connectivity index (χ0n) is 15.4. The molecule has 0 amide bonds. The highest BCUT2D eigenvalue weighted by molar-refractivity contribution is 5.74. The number of hydrogen-bond donors (Lipinski definition) is 0. The standard InChI is InChI=1S/C19H21N7O/c1-12-6-20-11-22-17(12)25-7-13-9-26(10-14(13)8-25)19-23-16-15(4-3-5-21-16)18(27)24(19)2/h3-6,11,13-14H,7-10H2,1-2H3. The summed E-state index contributed by atoms with van der Waals surface area (Å²) in [7, 11) is 1.79. The molecule has 2 aliphatic heterocycles. The van der Waals surface area contributed by atoms with E-state index in [4.69, 9.17) is 0 Å². The van der Waals surface area contributed by atoms with Crippen molar-refractivity contribution in [2.24, 2.45) is 18.9 Å². The van der Waals surface area contributed by atoms with Gasteiger partial charge in [-0.05, 0) is 19.1 Å². The molecule has 27 heavy (non-hydrogen) atoms. The van der Waals surface area contributed by atoms with Crippen LogP contribution < -0.4 is 15.4 Å². The number of pyridine rings is 1. The van der Waals surface area contributed by atoms with E-state index in [0.717, 1.165) is 37.6 Å². The molecule has 2 aliphatic rings. The maximum Gasteiger partial charge on any atom is 0.264 e. The molecule has 5 rings (SSSR count). The van der Waals surface area contributed by atoms with Gasteiger partial charge in [0, 0.05) is 63.0 Å². The van der Waals surface area contributed by atoms with E-state index in [9.17, 15) is 4.79 Å². The number of nitrogens with zero attached hydrogens (tertiary/aromatic N) is 7. The normalized spacial score (nSPS) is 21.9. The summed E-state index contributed by atoms with van der Waals surface area (Å²) in [6.07, 6.45) is 5.16. The fourth-order valence-corrected chi connectivity index (χ4v) is 4.43. The fraction of sp³-hybridized carbons (Fsp3) is 0.421. The van der Waals surface area contributed by atoms with E-state index in [2.05, 4.69) is 36.7 Å². The lowest BCUT2D eigenvalue weighted by Gasteiger charge is -2.24. The Labute approximate surface area is 156 Å². The van der Waals surface area contributed by atoms with Gasteiger partial charge in [0.2, 0.25) is 5.95 Å². The molecule has 2 fully saturated rings. The van der Waals surface area contributed by atoms with Crippen LogP contribution in [0.25, 0.3) is 11.0 Å². The first kappa shape index (κ1) is 16.2. The summed E-state index contributed by atoms with van der Waals surface area (Å²) in [5.41, 5.74) is 1.59. The molecule has 8 heteroatoms. The second-order valence-electron chi connectivity index (χ2n) is 7.51. The molecule has 0 radical (unpaired) electrons. The molecule has 0 N–H and O–H groups in total. The lowest BCUT2D eigenvalue weighted by atomic mass is 10.0. The van der Waals surface area contributed by atoms with Gasteiger partial charge in [-0.1, -0.05) is 0 Å². The Kier molecular flexibility index (Phi) is 3.60. The number of anilines is 2. The van der Waals surface area contributed by atoms with Crippen LogP contribution in [0.3, 0.4) is 0 Å². The summed E-state index contributed by atoms with van der Waals surface area (Å²) in [5, 5.41) is 0.563. The van der Waals surface area contributed by atoms with Gasteiger partial charge in [0.1, 0.15) is 12.1 Å². The van der Waals surface area contributed by atoms with E-state index in [1.165, 1.54) is 0 Å². The molecular weight excluding hydrogens is 342 g/mol. The van der Waals surface area contributed by atoms with Gasteiger partial charge >= 0.3 is 0 Å². The highest BCUT2D eigenvalue weighted by Crippen LogP contribution is 2.35. The number of fused-ring (bicyclic) bond motifs is 2. The number of rotatable bonds is 2. The number of aryl methyl sites for hydroxylation is 1. The Morgan fingerprint density at radius 2 is 1.81 bits per heavy atom. The molecule has 3 aromatic rings. The minimum Gasteiger partial charge on any atom is -0.356 e. The lowest BCUT2D eigenvalue weighted by Crippen LogP contribution is -2.34. The van der Waals surface area contributed by atoms with Crippen molar-refractivity contribution in [1.82, 2.24) is 24.5 Å². The Bertz CT molecular complexity index is 1070. The Balaban J connectivity index is 1.41. The zero-order chi connectivity index (χ0) is 18.5. The minimum absolute atomic E-state index is 0.0432. The SMILES string of the molecule is Cc1cncnc1N1CC2CN(c3nc4ncccc4c(=O)n3C)CC2C1. The maximum atomic E-state index is 12.7. The van der Waals surface area contributed by atoms with Crippen LogP contribution in [0.4, 0.5) is 11.8 Å². The van der Waals surface area contributed by atoms with Gasteiger partial charge in [-0.15, -0.1) is 0 Å². The molecule has 0 bridgehead atoms. The topological polar surface area (TPSA) is 80.0 Å². The van der Waals surface area contributed by atoms with E-state index in [-0.39, 0.29) is 5.56 Å². The molecule has 0 aliphatic carbocycles. The van der Waals surface area contributed by atoms with Crippen LogP contribution in [0.5, 0.6) is 0 Å². The molecule has 0 saturated carbocycles. The van der Waals surface area contributed by atoms with Crippen LogP contribution in [0.2, 0.25) is 0 Å². The third kappa shape index (κ3) is 2.55. The highest BCUT2D eigenvalue weighted by Gasteiger charge is 2.41. The van der Waals surface area contributed by atoms with E-state index in [0.29, 0.717) is 28.8 Å². The van der Waals surface area contributed by atoms with Gasteiger partial charge in [0.15, 0.2) is 5.65 Å². The molecule has 0 spiro atoms. The van der Waals surface area contributed by atoms with Crippen LogP contribution in [-0.4, -0.2) is 50.7 Å². The van der Waals surface area contributed by atoms with E-state index in [1.54, 1.807) is 36.3 Å². The molecule has 5 heterocycles. The van der Waals surface area contributed by atoms with Crippen molar-refractivity contribution in [1.29, 1.82) is 0 Å². The quantitative estimate of drug-likeness (QED) is 0.672. The fourth-order valence-electron chi connectivity index (χ4n) is 4.43.